The zero-order valence-electron chi connectivity index (χ0n) is 17.2. The average molecular weight is 386 g/mol. The van der Waals surface area contributed by atoms with Crippen molar-refractivity contribution in [3.8, 4) is 11.5 Å². The maximum atomic E-state index is 5.51. The number of pyridine rings is 1. The molecule has 6 nitrogen and oxygen atoms in total. The SMILES string of the molecule is COc1cc(C)c(CN(CCN2CCOCC2)Cc2cccnc2)cc1OC. The van der Waals surface area contributed by atoms with Crippen molar-refractivity contribution in [1.29, 1.82) is 0 Å². The molecule has 1 saturated heterocycles. The van der Waals surface area contributed by atoms with E-state index in [-0.39, 0.29) is 0 Å². The minimum absolute atomic E-state index is 0.774. The number of methoxy groups -OCH3 is 2. The summed E-state index contributed by atoms with van der Waals surface area (Å²) < 4.78 is 16.4. The van der Waals surface area contributed by atoms with E-state index in [4.69, 9.17) is 14.2 Å². The zero-order valence-corrected chi connectivity index (χ0v) is 17.2. The quantitative estimate of drug-likeness (QED) is 0.662. The zero-order chi connectivity index (χ0) is 19.8. The molecule has 0 radical (unpaired) electrons. The average Bonchev–Trinajstić information content (AvgIpc) is 2.74. The lowest BCUT2D eigenvalue weighted by atomic mass is 10.1. The second kappa shape index (κ2) is 10.4. The van der Waals surface area contributed by atoms with Crippen LogP contribution in [0.2, 0.25) is 0 Å². The van der Waals surface area contributed by atoms with Gasteiger partial charge in [-0.05, 0) is 41.8 Å². The molecule has 1 aliphatic rings. The lowest BCUT2D eigenvalue weighted by molar-refractivity contribution is 0.0324. The first kappa shape index (κ1) is 20.6. The van der Waals surface area contributed by atoms with Crippen LogP contribution >= 0.6 is 0 Å². The molecule has 0 atom stereocenters. The van der Waals surface area contributed by atoms with Gasteiger partial charge in [-0.25, -0.2) is 0 Å². The van der Waals surface area contributed by atoms with Crippen LogP contribution in [0.1, 0.15) is 16.7 Å². The number of rotatable bonds is 9. The molecule has 0 unspecified atom stereocenters. The molecule has 0 spiro atoms. The molecule has 0 saturated carbocycles. The van der Waals surface area contributed by atoms with Crippen LogP contribution in [0.5, 0.6) is 11.5 Å². The maximum Gasteiger partial charge on any atom is 0.161 e. The van der Waals surface area contributed by atoms with Gasteiger partial charge in [0, 0.05) is 51.7 Å². The van der Waals surface area contributed by atoms with Crippen LogP contribution in [-0.2, 0) is 17.8 Å². The van der Waals surface area contributed by atoms with Crippen molar-refractivity contribution >= 4 is 0 Å². The summed E-state index contributed by atoms with van der Waals surface area (Å²) in [5.41, 5.74) is 3.69. The second-order valence-corrected chi connectivity index (χ2v) is 7.16. The van der Waals surface area contributed by atoms with Crippen LogP contribution in [-0.4, -0.2) is 68.4 Å². The third-order valence-corrected chi connectivity index (χ3v) is 5.20. The Labute approximate surface area is 168 Å². The van der Waals surface area contributed by atoms with E-state index in [0.717, 1.165) is 64.0 Å². The first-order valence-corrected chi connectivity index (χ1v) is 9.82. The first-order chi connectivity index (χ1) is 13.7. The van der Waals surface area contributed by atoms with E-state index in [0.29, 0.717) is 0 Å². The molecule has 0 amide bonds. The minimum Gasteiger partial charge on any atom is -0.493 e. The lowest BCUT2D eigenvalue weighted by Crippen LogP contribution is -2.41. The third-order valence-electron chi connectivity index (χ3n) is 5.20. The van der Waals surface area contributed by atoms with Gasteiger partial charge in [0.05, 0.1) is 27.4 Å². The highest BCUT2D eigenvalue weighted by atomic mass is 16.5. The standard InChI is InChI=1S/C22H31N3O3/c1-18-13-21(26-2)22(27-3)14-20(18)17-25(16-19-5-4-6-23-15-19)8-7-24-9-11-28-12-10-24/h4-6,13-15H,7-12,16-17H2,1-3H3. The fourth-order valence-corrected chi connectivity index (χ4v) is 3.51. The predicted molar refractivity (Wildman–Crippen MR) is 110 cm³/mol. The lowest BCUT2D eigenvalue weighted by Gasteiger charge is -2.30. The second-order valence-electron chi connectivity index (χ2n) is 7.16. The van der Waals surface area contributed by atoms with Crippen LogP contribution in [0.4, 0.5) is 0 Å². The largest absolute Gasteiger partial charge is 0.493 e. The van der Waals surface area contributed by atoms with E-state index < -0.39 is 0 Å². The van der Waals surface area contributed by atoms with Gasteiger partial charge in [0.25, 0.3) is 0 Å². The molecule has 1 aliphatic heterocycles. The molecule has 28 heavy (non-hydrogen) atoms. The van der Waals surface area contributed by atoms with Crippen molar-refractivity contribution < 1.29 is 14.2 Å². The smallest absolute Gasteiger partial charge is 0.161 e. The van der Waals surface area contributed by atoms with Gasteiger partial charge in [0.1, 0.15) is 0 Å². The van der Waals surface area contributed by atoms with Gasteiger partial charge in [-0.15, -0.1) is 0 Å². The molecular formula is C22H31N3O3. The molecule has 3 rings (SSSR count). The number of hydrogen-bond donors (Lipinski definition) is 0. The normalized spacial score (nSPS) is 15.0. The van der Waals surface area contributed by atoms with E-state index in [1.165, 1.54) is 16.7 Å². The number of aromatic nitrogens is 1. The molecule has 0 bridgehead atoms. The van der Waals surface area contributed by atoms with Crippen LogP contribution < -0.4 is 9.47 Å². The van der Waals surface area contributed by atoms with E-state index >= 15 is 0 Å². The van der Waals surface area contributed by atoms with Gasteiger partial charge < -0.3 is 14.2 Å². The van der Waals surface area contributed by atoms with Crippen molar-refractivity contribution in [3.63, 3.8) is 0 Å². The number of ether oxygens (including phenoxy) is 3. The Hall–Kier alpha value is -2.15. The highest BCUT2D eigenvalue weighted by molar-refractivity contribution is 5.47. The van der Waals surface area contributed by atoms with Gasteiger partial charge in [-0.3, -0.25) is 14.8 Å². The van der Waals surface area contributed by atoms with E-state index in [9.17, 15) is 0 Å². The summed E-state index contributed by atoms with van der Waals surface area (Å²) in [7, 11) is 3.36. The summed E-state index contributed by atoms with van der Waals surface area (Å²) in [5.74, 6) is 1.55. The first-order valence-electron chi connectivity index (χ1n) is 9.82. The summed E-state index contributed by atoms with van der Waals surface area (Å²) in [6, 6.07) is 8.28. The van der Waals surface area contributed by atoms with Gasteiger partial charge in [-0.1, -0.05) is 6.07 Å². The van der Waals surface area contributed by atoms with Crippen LogP contribution in [0.25, 0.3) is 0 Å². The van der Waals surface area contributed by atoms with Crippen molar-refractivity contribution in [1.82, 2.24) is 14.8 Å². The number of benzene rings is 1. The molecule has 152 valence electrons. The van der Waals surface area contributed by atoms with Gasteiger partial charge >= 0.3 is 0 Å². The molecule has 2 heterocycles. The number of morpholine rings is 1. The Morgan fingerprint density at radius 2 is 1.86 bits per heavy atom. The Balaban J connectivity index is 1.73. The monoisotopic (exact) mass is 385 g/mol. The summed E-state index contributed by atoms with van der Waals surface area (Å²) >= 11 is 0. The van der Waals surface area contributed by atoms with E-state index in [1.54, 1.807) is 14.2 Å². The molecular weight excluding hydrogens is 354 g/mol. The molecule has 2 aromatic rings. The van der Waals surface area contributed by atoms with Crippen LogP contribution in [0.3, 0.4) is 0 Å². The van der Waals surface area contributed by atoms with Crippen molar-refractivity contribution in [2.24, 2.45) is 0 Å². The van der Waals surface area contributed by atoms with Gasteiger partial charge in [0.2, 0.25) is 0 Å². The van der Waals surface area contributed by atoms with Gasteiger partial charge in [-0.2, -0.15) is 0 Å². The predicted octanol–water partition coefficient (Wildman–Crippen LogP) is 2.74. The Kier molecular flexibility index (Phi) is 7.65. The van der Waals surface area contributed by atoms with Crippen molar-refractivity contribution in [2.75, 3.05) is 53.6 Å². The Morgan fingerprint density at radius 1 is 1.11 bits per heavy atom. The molecule has 1 aromatic carbocycles. The van der Waals surface area contributed by atoms with E-state index in [2.05, 4.69) is 39.9 Å². The van der Waals surface area contributed by atoms with Crippen molar-refractivity contribution in [2.45, 2.75) is 20.0 Å². The molecule has 1 fully saturated rings. The highest BCUT2D eigenvalue weighted by Gasteiger charge is 2.16. The third kappa shape index (κ3) is 5.67. The fraction of sp³-hybridized carbons (Fsp3) is 0.500. The Bertz CT molecular complexity index is 733. The number of aryl methyl sites for hydroxylation is 1. The summed E-state index contributed by atoms with van der Waals surface area (Å²) in [6.45, 7) is 9.55. The van der Waals surface area contributed by atoms with Crippen LogP contribution in [0.15, 0.2) is 36.7 Å². The Morgan fingerprint density at radius 3 is 2.54 bits per heavy atom. The summed E-state index contributed by atoms with van der Waals surface area (Å²) in [6.07, 6.45) is 3.77. The van der Waals surface area contributed by atoms with Gasteiger partial charge in [0.15, 0.2) is 11.5 Å². The molecule has 6 heteroatoms. The molecule has 0 aliphatic carbocycles. The topological polar surface area (TPSA) is 47.1 Å². The summed E-state index contributed by atoms with van der Waals surface area (Å²) in [4.78, 5) is 9.22. The molecule has 0 N–H and O–H groups in total. The number of hydrogen-bond acceptors (Lipinski definition) is 6. The highest BCUT2D eigenvalue weighted by Crippen LogP contribution is 2.31. The number of nitrogens with zero attached hydrogens (tertiary/aromatic N) is 3. The van der Waals surface area contributed by atoms with Crippen molar-refractivity contribution in [3.05, 3.63) is 53.3 Å². The minimum atomic E-state index is 0.774. The molecule has 1 aromatic heterocycles. The summed E-state index contributed by atoms with van der Waals surface area (Å²) in [5, 5.41) is 0. The fourth-order valence-electron chi connectivity index (χ4n) is 3.51. The maximum absolute atomic E-state index is 5.51. The van der Waals surface area contributed by atoms with Crippen LogP contribution in [0, 0.1) is 6.92 Å². The van der Waals surface area contributed by atoms with E-state index in [1.807, 2.05) is 18.5 Å².